The molecule has 2 aliphatic rings. The lowest BCUT2D eigenvalue weighted by molar-refractivity contribution is -0.144. The molecular formula is C19H39Cl2N3O. The Balaban J connectivity index is 0.00000288. The smallest absolute Gasteiger partial charge is 0.230 e. The van der Waals surface area contributed by atoms with Gasteiger partial charge in [-0.2, -0.15) is 0 Å². The Morgan fingerprint density at radius 2 is 1.68 bits per heavy atom. The van der Waals surface area contributed by atoms with Gasteiger partial charge in [0.25, 0.3) is 0 Å². The number of nitrogens with zero attached hydrogens (tertiary/aromatic N) is 2. The number of piperidine rings is 2. The Hall–Kier alpha value is -0.0300. The molecule has 1 amide bonds. The van der Waals surface area contributed by atoms with E-state index in [1.807, 2.05) is 0 Å². The molecule has 2 aliphatic heterocycles. The molecule has 2 heterocycles. The van der Waals surface area contributed by atoms with E-state index in [0.717, 1.165) is 38.3 Å². The van der Waals surface area contributed by atoms with Crippen LogP contribution in [0, 0.1) is 17.3 Å². The molecule has 25 heavy (non-hydrogen) atoms. The van der Waals surface area contributed by atoms with Crippen LogP contribution < -0.4 is 5.73 Å². The first-order chi connectivity index (χ1) is 11.0. The Morgan fingerprint density at radius 1 is 1.08 bits per heavy atom. The van der Waals surface area contributed by atoms with E-state index in [1.54, 1.807) is 0 Å². The van der Waals surface area contributed by atoms with E-state index in [0.29, 0.717) is 18.4 Å². The molecule has 0 bridgehead atoms. The number of rotatable bonds is 6. The van der Waals surface area contributed by atoms with Gasteiger partial charge in [0.1, 0.15) is 0 Å². The molecule has 0 aromatic heterocycles. The van der Waals surface area contributed by atoms with Crippen molar-refractivity contribution < 1.29 is 4.79 Å². The standard InChI is InChI=1S/C19H37N3O.2ClH/c1-4-19(5-2,15-20)18(23)22-10-6-7-17(14-22)13-21-11-8-16(3)9-12-21;;/h16-17H,4-15,20H2,1-3H3;2*1H. The van der Waals surface area contributed by atoms with Crippen LogP contribution in [0.5, 0.6) is 0 Å². The molecule has 0 radical (unpaired) electrons. The number of carbonyl (C=O) groups is 1. The molecule has 6 heteroatoms. The Morgan fingerprint density at radius 3 is 2.20 bits per heavy atom. The summed E-state index contributed by atoms with van der Waals surface area (Å²) in [7, 11) is 0. The van der Waals surface area contributed by atoms with E-state index in [1.165, 1.54) is 38.9 Å². The third kappa shape index (κ3) is 6.27. The molecule has 0 aliphatic carbocycles. The van der Waals surface area contributed by atoms with Crippen LogP contribution in [0.3, 0.4) is 0 Å². The maximum atomic E-state index is 13.0. The predicted octanol–water partition coefficient (Wildman–Crippen LogP) is 3.57. The SMILES string of the molecule is CCC(CC)(CN)C(=O)N1CCCC(CN2CCC(C)CC2)C1.Cl.Cl. The van der Waals surface area contributed by atoms with Gasteiger partial charge in [0.15, 0.2) is 0 Å². The zero-order valence-corrected chi connectivity index (χ0v) is 18.0. The summed E-state index contributed by atoms with van der Waals surface area (Å²) in [4.78, 5) is 17.8. The largest absolute Gasteiger partial charge is 0.342 e. The van der Waals surface area contributed by atoms with Crippen LogP contribution in [0.1, 0.15) is 59.3 Å². The van der Waals surface area contributed by atoms with Crippen molar-refractivity contribution >= 4 is 30.7 Å². The summed E-state index contributed by atoms with van der Waals surface area (Å²) in [5.74, 6) is 1.84. The fraction of sp³-hybridized carbons (Fsp3) is 0.947. The van der Waals surface area contributed by atoms with Crippen molar-refractivity contribution in [1.29, 1.82) is 0 Å². The average molecular weight is 396 g/mol. The predicted molar refractivity (Wildman–Crippen MR) is 111 cm³/mol. The molecule has 2 fully saturated rings. The number of hydrogen-bond acceptors (Lipinski definition) is 3. The highest BCUT2D eigenvalue weighted by atomic mass is 35.5. The van der Waals surface area contributed by atoms with Gasteiger partial charge in [-0.05, 0) is 63.5 Å². The zero-order valence-electron chi connectivity index (χ0n) is 16.3. The van der Waals surface area contributed by atoms with Gasteiger partial charge in [0.2, 0.25) is 5.91 Å². The van der Waals surface area contributed by atoms with Gasteiger partial charge in [0, 0.05) is 26.2 Å². The van der Waals surface area contributed by atoms with Gasteiger partial charge in [-0.1, -0.05) is 20.8 Å². The molecule has 150 valence electrons. The van der Waals surface area contributed by atoms with Crippen LogP contribution >= 0.6 is 24.8 Å². The van der Waals surface area contributed by atoms with Crippen molar-refractivity contribution in [3.05, 3.63) is 0 Å². The third-order valence-electron chi connectivity index (χ3n) is 6.40. The van der Waals surface area contributed by atoms with Crippen LogP contribution in [0.2, 0.25) is 0 Å². The highest BCUT2D eigenvalue weighted by Crippen LogP contribution is 2.30. The van der Waals surface area contributed by atoms with Crippen molar-refractivity contribution in [1.82, 2.24) is 9.80 Å². The summed E-state index contributed by atoms with van der Waals surface area (Å²) in [6, 6.07) is 0. The van der Waals surface area contributed by atoms with Crippen molar-refractivity contribution in [2.24, 2.45) is 23.0 Å². The minimum atomic E-state index is -0.331. The van der Waals surface area contributed by atoms with Crippen LogP contribution in [0.4, 0.5) is 0 Å². The van der Waals surface area contributed by atoms with E-state index in [2.05, 4.69) is 30.6 Å². The quantitative estimate of drug-likeness (QED) is 0.747. The first-order valence-electron chi connectivity index (χ1n) is 9.76. The monoisotopic (exact) mass is 395 g/mol. The summed E-state index contributed by atoms with van der Waals surface area (Å²) < 4.78 is 0. The topological polar surface area (TPSA) is 49.6 Å². The van der Waals surface area contributed by atoms with Crippen LogP contribution in [-0.4, -0.2) is 55.0 Å². The van der Waals surface area contributed by atoms with E-state index in [-0.39, 0.29) is 30.2 Å². The van der Waals surface area contributed by atoms with Crippen molar-refractivity contribution in [2.75, 3.05) is 39.3 Å². The highest BCUT2D eigenvalue weighted by molar-refractivity contribution is 5.85. The molecule has 2 saturated heterocycles. The fourth-order valence-electron chi connectivity index (χ4n) is 4.27. The summed E-state index contributed by atoms with van der Waals surface area (Å²) in [6.45, 7) is 12.6. The minimum Gasteiger partial charge on any atom is -0.342 e. The number of carbonyl (C=O) groups excluding carboxylic acids is 1. The number of halogens is 2. The molecule has 1 unspecified atom stereocenters. The lowest BCUT2D eigenvalue weighted by atomic mass is 9.80. The van der Waals surface area contributed by atoms with Crippen LogP contribution in [-0.2, 0) is 4.79 Å². The molecular weight excluding hydrogens is 357 g/mol. The second-order valence-electron chi connectivity index (χ2n) is 7.93. The average Bonchev–Trinajstić information content (AvgIpc) is 2.59. The summed E-state index contributed by atoms with van der Waals surface area (Å²) in [5.41, 5.74) is 5.65. The lowest BCUT2D eigenvalue weighted by Gasteiger charge is -2.41. The molecule has 0 saturated carbocycles. The maximum absolute atomic E-state index is 13.0. The fourth-order valence-corrected chi connectivity index (χ4v) is 4.27. The normalized spacial score (nSPS) is 22.9. The number of nitrogens with two attached hydrogens (primary N) is 1. The van der Waals surface area contributed by atoms with E-state index in [4.69, 9.17) is 5.73 Å². The number of likely N-dealkylation sites (tertiary alicyclic amines) is 2. The molecule has 1 atom stereocenters. The molecule has 4 nitrogen and oxygen atoms in total. The summed E-state index contributed by atoms with van der Waals surface area (Å²) in [6.07, 6.45) is 6.78. The maximum Gasteiger partial charge on any atom is 0.230 e. The van der Waals surface area contributed by atoms with Gasteiger partial charge in [-0.15, -0.1) is 24.8 Å². The van der Waals surface area contributed by atoms with Gasteiger partial charge >= 0.3 is 0 Å². The third-order valence-corrected chi connectivity index (χ3v) is 6.40. The number of amides is 1. The van der Waals surface area contributed by atoms with Gasteiger partial charge < -0.3 is 15.5 Å². The molecule has 0 aromatic rings. The second kappa shape index (κ2) is 11.6. The summed E-state index contributed by atoms with van der Waals surface area (Å²) in [5, 5.41) is 0. The van der Waals surface area contributed by atoms with E-state index in [9.17, 15) is 4.79 Å². The summed E-state index contributed by atoms with van der Waals surface area (Å²) >= 11 is 0. The van der Waals surface area contributed by atoms with E-state index >= 15 is 0 Å². The van der Waals surface area contributed by atoms with Crippen molar-refractivity contribution in [2.45, 2.75) is 59.3 Å². The Bertz CT molecular complexity index is 375. The molecule has 2 N–H and O–H groups in total. The van der Waals surface area contributed by atoms with Gasteiger partial charge in [-0.3, -0.25) is 4.79 Å². The van der Waals surface area contributed by atoms with Gasteiger partial charge in [0.05, 0.1) is 5.41 Å². The van der Waals surface area contributed by atoms with Crippen LogP contribution in [0.25, 0.3) is 0 Å². The molecule has 2 rings (SSSR count). The lowest BCUT2D eigenvalue weighted by Crippen LogP contribution is -2.52. The minimum absolute atomic E-state index is 0. The Labute approximate surface area is 167 Å². The van der Waals surface area contributed by atoms with Gasteiger partial charge in [-0.25, -0.2) is 0 Å². The molecule has 0 spiro atoms. The second-order valence-corrected chi connectivity index (χ2v) is 7.93. The zero-order chi connectivity index (χ0) is 16.9. The Kier molecular flexibility index (Phi) is 11.6. The van der Waals surface area contributed by atoms with E-state index < -0.39 is 0 Å². The van der Waals surface area contributed by atoms with Crippen LogP contribution in [0.15, 0.2) is 0 Å². The van der Waals surface area contributed by atoms with Crippen molar-refractivity contribution in [3.8, 4) is 0 Å². The number of hydrogen-bond donors (Lipinski definition) is 1. The van der Waals surface area contributed by atoms with Crippen molar-refractivity contribution in [3.63, 3.8) is 0 Å². The first-order valence-corrected chi connectivity index (χ1v) is 9.76. The highest BCUT2D eigenvalue weighted by Gasteiger charge is 2.38. The molecule has 0 aromatic carbocycles. The first kappa shape index (κ1) is 25.0.